The summed E-state index contributed by atoms with van der Waals surface area (Å²) >= 11 is 0. The summed E-state index contributed by atoms with van der Waals surface area (Å²) in [4.78, 5) is 12.4. The zero-order chi connectivity index (χ0) is 15.4. The third-order valence-electron chi connectivity index (χ3n) is 4.22. The van der Waals surface area contributed by atoms with Crippen molar-refractivity contribution in [3.63, 3.8) is 0 Å². The molecule has 21 heavy (non-hydrogen) atoms. The molecule has 2 N–H and O–H groups in total. The van der Waals surface area contributed by atoms with E-state index in [0.29, 0.717) is 11.5 Å². The van der Waals surface area contributed by atoms with Gasteiger partial charge in [0.15, 0.2) is 0 Å². The topological polar surface area (TPSA) is 49.3 Å². The highest BCUT2D eigenvalue weighted by atomic mass is 16.3. The third kappa shape index (κ3) is 3.35. The first-order valence-corrected chi connectivity index (χ1v) is 7.59. The Balaban J connectivity index is 2.25. The van der Waals surface area contributed by atoms with E-state index in [-0.39, 0.29) is 17.7 Å². The number of hydrogen-bond donors (Lipinski definition) is 2. The maximum absolute atomic E-state index is 12.4. The Morgan fingerprint density at radius 2 is 1.71 bits per heavy atom. The second-order valence-electron chi connectivity index (χ2n) is 5.56. The quantitative estimate of drug-likeness (QED) is 0.869. The molecule has 0 aliphatic heterocycles. The molecule has 2 aromatic rings. The summed E-state index contributed by atoms with van der Waals surface area (Å²) in [5, 5.41) is 15.0. The van der Waals surface area contributed by atoms with Crippen molar-refractivity contribution in [3.8, 4) is 5.75 Å². The molecule has 0 heterocycles. The van der Waals surface area contributed by atoms with Gasteiger partial charge in [0, 0.05) is 6.04 Å². The molecule has 3 heteroatoms. The molecule has 0 aromatic heterocycles. The first kappa shape index (κ1) is 15.4. The van der Waals surface area contributed by atoms with Crippen LogP contribution in [0.2, 0.25) is 0 Å². The number of nitrogens with one attached hydrogen (secondary N) is 1. The molecule has 0 radical (unpaired) electrons. The number of phenolic OH excluding ortho intramolecular Hbond substituents is 1. The molecule has 1 unspecified atom stereocenters. The van der Waals surface area contributed by atoms with Crippen molar-refractivity contribution in [2.45, 2.75) is 39.7 Å². The summed E-state index contributed by atoms with van der Waals surface area (Å²) in [6.07, 6.45) is 2.06. The summed E-state index contributed by atoms with van der Waals surface area (Å²) in [7, 11) is 0. The van der Waals surface area contributed by atoms with Crippen LogP contribution in [0, 0.1) is 5.92 Å². The van der Waals surface area contributed by atoms with Gasteiger partial charge in [-0.05, 0) is 35.7 Å². The predicted molar refractivity (Wildman–Crippen MR) is 86.6 cm³/mol. The normalized spacial score (nSPS) is 12.6. The molecule has 0 fully saturated rings. The fourth-order valence-corrected chi connectivity index (χ4v) is 2.81. The van der Waals surface area contributed by atoms with Crippen LogP contribution in [0.4, 0.5) is 0 Å². The summed E-state index contributed by atoms with van der Waals surface area (Å²) in [5.41, 5.74) is 0.339. The summed E-state index contributed by atoms with van der Waals surface area (Å²) < 4.78 is 0. The van der Waals surface area contributed by atoms with E-state index in [1.165, 1.54) is 0 Å². The number of hydrogen-bond acceptors (Lipinski definition) is 2. The summed E-state index contributed by atoms with van der Waals surface area (Å²) in [6.45, 7) is 6.28. The van der Waals surface area contributed by atoms with E-state index in [4.69, 9.17) is 0 Å². The molecule has 112 valence electrons. The smallest absolute Gasteiger partial charge is 0.255 e. The van der Waals surface area contributed by atoms with Gasteiger partial charge in [0.2, 0.25) is 0 Å². The van der Waals surface area contributed by atoms with Crippen molar-refractivity contribution in [3.05, 3.63) is 42.0 Å². The first-order valence-electron chi connectivity index (χ1n) is 7.59. The standard InChI is InChI=1S/C18H23NO2/c1-4-13(5-2)12(3)19-18(21)16-10-14-8-6-7-9-15(14)11-17(16)20/h6-13,20H,4-5H2,1-3H3,(H,19,21). The van der Waals surface area contributed by atoms with Crippen LogP contribution in [0.1, 0.15) is 44.0 Å². The zero-order valence-corrected chi connectivity index (χ0v) is 12.9. The number of aromatic hydroxyl groups is 1. The van der Waals surface area contributed by atoms with Gasteiger partial charge < -0.3 is 10.4 Å². The van der Waals surface area contributed by atoms with Gasteiger partial charge in [0.25, 0.3) is 5.91 Å². The van der Waals surface area contributed by atoms with E-state index in [1.54, 1.807) is 12.1 Å². The van der Waals surface area contributed by atoms with Crippen LogP contribution in [-0.2, 0) is 0 Å². The highest BCUT2D eigenvalue weighted by molar-refractivity contribution is 6.01. The maximum Gasteiger partial charge on any atom is 0.255 e. The van der Waals surface area contributed by atoms with E-state index in [0.717, 1.165) is 23.6 Å². The molecule has 1 atom stereocenters. The van der Waals surface area contributed by atoms with Crippen LogP contribution in [0.25, 0.3) is 10.8 Å². The minimum Gasteiger partial charge on any atom is -0.507 e. The Labute approximate surface area is 126 Å². The van der Waals surface area contributed by atoms with Gasteiger partial charge >= 0.3 is 0 Å². The number of amides is 1. The number of fused-ring (bicyclic) bond motifs is 1. The molecule has 3 nitrogen and oxygen atoms in total. The van der Waals surface area contributed by atoms with Crippen molar-refractivity contribution in [2.24, 2.45) is 5.92 Å². The van der Waals surface area contributed by atoms with Gasteiger partial charge in [-0.15, -0.1) is 0 Å². The lowest BCUT2D eigenvalue weighted by molar-refractivity contribution is 0.0922. The lowest BCUT2D eigenvalue weighted by Crippen LogP contribution is -2.37. The zero-order valence-electron chi connectivity index (χ0n) is 12.9. The van der Waals surface area contributed by atoms with Crippen LogP contribution in [0.3, 0.4) is 0 Å². The van der Waals surface area contributed by atoms with Crippen LogP contribution in [-0.4, -0.2) is 17.1 Å². The predicted octanol–water partition coefficient (Wildman–Crippen LogP) is 4.10. The third-order valence-corrected chi connectivity index (χ3v) is 4.22. The molecule has 0 aliphatic rings. The first-order chi connectivity index (χ1) is 10.1. The number of carbonyl (C=O) groups excluding carboxylic acids is 1. The van der Waals surface area contributed by atoms with Gasteiger partial charge in [0.1, 0.15) is 5.75 Å². The van der Waals surface area contributed by atoms with Gasteiger partial charge in [-0.25, -0.2) is 0 Å². The average Bonchev–Trinajstić information content (AvgIpc) is 2.47. The molecule has 0 bridgehead atoms. The molecule has 0 saturated heterocycles. The van der Waals surface area contributed by atoms with Crippen molar-refractivity contribution in [1.29, 1.82) is 0 Å². The Morgan fingerprint density at radius 1 is 1.14 bits per heavy atom. The van der Waals surface area contributed by atoms with Gasteiger partial charge in [-0.1, -0.05) is 51.0 Å². The van der Waals surface area contributed by atoms with Crippen molar-refractivity contribution < 1.29 is 9.90 Å². The van der Waals surface area contributed by atoms with E-state index in [9.17, 15) is 9.90 Å². The van der Waals surface area contributed by atoms with Crippen molar-refractivity contribution >= 4 is 16.7 Å². The summed E-state index contributed by atoms with van der Waals surface area (Å²) in [6, 6.07) is 11.2. The molecular weight excluding hydrogens is 262 g/mol. The van der Waals surface area contributed by atoms with Crippen molar-refractivity contribution in [1.82, 2.24) is 5.32 Å². The maximum atomic E-state index is 12.4. The number of carbonyl (C=O) groups is 1. The molecular formula is C18H23NO2. The van der Waals surface area contributed by atoms with Crippen molar-refractivity contribution in [2.75, 3.05) is 0 Å². The van der Waals surface area contributed by atoms with E-state index < -0.39 is 0 Å². The monoisotopic (exact) mass is 285 g/mol. The molecule has 0 aliphatic carbocycles. The highest BCUT2D eigenvalue weighted by Crippen LogP contribution is 2.25. The Kier molecular flexibility index (Phi) is 4.84. The van der Waals surface area contributed by atoms with E-state index >= 15 is 0 Å². The minimum absolute atomic E-state index is 0.0305. The molecule has 1 amide bonds. The Hall–Kier alpha value is -2.03. The van der Waals surface area contributed by atoms with E-state index in [1.807, 2.05) is 31.2 Å². The van der Waals surface area contributed by atoms with Crippen LogP contribution in [0.5, 0.6) is 5.75 Å². The number of phenols is 1. The molecule has 2 rings (SSSR count). The average molecular weight is 285 g/mol. The molecule has 0 spiro atoms. The fraction of sp³-hybridized carbons (Fsp3) is 0.389. The van der Waals surface area contributed by atoms with Crippen LogP contribution < -0.4 is 5.32 Å². The molecule has 2 aromatic carbocycles. The molecule has 0 saturated carbocycles. The van der Waals surface area contributed by atoms with Gasteiger partial charge in [-0.3, -0.25) is 4.79 Å². The van der Waals surface area contributed by atoms with E-state index in [2.05, 4.69) is 19.2 Å². The second-order valence-corrected chi connectivity index (χ2v) is 5.56. The number of benzene rings is 2. The minimum atomic E-state index is -0.211. The second kappa shape index (κ2) is 6.61. The lowest BCUT2D eigenvalue weighted by atomic mass is 9.95. The highest BCUT2D eigenvalue weighted by Gasteiger charge is 2.19. The fourth-order valence-electron chi connectivity index (χ4n) is 2.81. The lowest BCUT2D eigenvalue weighted by Gasteiger charge is -2.22. The largest absolute Gasteiger partial charge is 0.507 e. The number of rotatable bonds is 5. The summed E-state index contributed by atoms with van der Waals surface area (Å²) in [5.74, 6) is 0.275. The van der Waals surface area contributed by atoms with Gasteiger partial charge in [0.05, 0.1) is 5.56 Å². The Morgan fingerprint density at radius 3 is 2.29 bits per heavy atom. The Bertz CT molecular complexity index is 632. The van der Waals surface area contributed by atoms with Crippen LogP contribution in [0.15, 0.2) is 36.4 Å². The van der Waals surface area contributed by atoms with Gasteiger partial charge in [-0.2, -0.15) is 0 Å². The SMILES string of the molecule is CCC(CC)C(C)NC(=O)c1cc2ccccc2cc1O. The van der Waals surface area contributed by atoms with Crippen LogP contribution >= 0.6 is 0 Å².